The molecule has 92 valence electrons. The summed E-state index contributed by atoms with van der Waals surface area (Å²) in [5.41, 5.74) is 1.13. The third-order valence-electron chi connectivity index (χ3n) is 2.98. The van der Waals surface area contributed by atoms with Gasteiger partial charge in [0.1, 0.15) is 6.04 Å². The second-order valence-corrected chi connectivity index (χ2v) is 5.08. The number of nitrogens with one attached hydrogen (secondary N) is 1. The van der Waals surface area contributed by atoms with E-state index < -0.39 is 12.0 Å². The van der Waals surface area contributed by atoms with Crippen LogP contribution in [-0.4, -0.2) is 34.6 Å². The summed E-state index contributed by atoms with van der Waals surface area (Å²) in [6.07, 6.45) is 0. The summed E-state index contributed by atoms with van der Waals surface area (Å²) in [5, 5.41) is 13.7. The summed E-state index contributed by atoms with van der Waals surface area (Å²) >= 11 is 1.58. The summed E-state index contributed by atoms with van der Waals surface area (Å²) in [5.74, 6) is -0.983. The summed E-state index contributed by atoms with van der Waals surface area (Å²) in [4.78, 5) is 25.0. The number of hydrogen-bond acceptors (Lipinski definition) is 3. The van der Waals surface area contributed by atoms with Crippen molar-refractivity contribution in [3.8, 4) is 0 Å². The van der Waals surface area contributed by atoms with E-state index in [1.807, 2.05) is 18.4 Å². The van der Waals surface area contributed by atoms with Crippen molar-refractivity contribution in [2.75, 3.05) is 6.54 Å². The zero-order chi connectivity index (χ0) is 12.6. The molecule has 2 rings (SSSR count). The fourth-order valence-corrected chi connectivity index (χ4v) is 2.88. The van der Waals surface area contributed by atoms with E-state index in [4.69, 9.17) is 5.11 Å². The lowest BCUT2D eigenvalue weighted by Crippen LogP contribution is -2.40. The number of carbonyl (C=O) groups is 2. The van der Waals surface area contributed by atoms with Gasteiger partial charge in [0.2, 0.25) is 0 Å². The van der Waals surface area contributed by atoms with Crippen LogP contribution in [0.4, 0.5) is 4.79 Å². The Morgan fingerprint density at radius 2 is 2.41 bits per heavy atom. The maximum absolute atomic E-state index is 11.7. The van der Waals surface area contributed by atoms with Crippen molar-refractivity contribution in [3.05, 3.63) is 21.9 Å². The molecule has 1 aliphatic heterocycles. The van der Waals surface area contributed by atoms with E-state index in [9.17, 15) is 9.59 Å². The minimum absolute atomic E-state index is 0.0932. The Kier molecular flexibility index (Phi) is 3.06. The SMILES string of the molecule is Cc1ccsc1C1CN(C(C)C(=O)O)C(=O)N1. The largest absolute Gasteiger partial charge is 0.480 e. The normalized spacial score (nSPS) is 21.4. The van der Waals surface area contributed by atoms with Gasteiger partial charge in [-0.1, -0.05) is 0 Å². The highest BCUT2D eigenvalue weighted by Gasteiger charge is 2.36. The van der Waals surface area contributed by atoms with Crippen molar-refractivity contribution >= 4 is 23.3 Å². The van der Waals surface area contributed by atoms with E-state index >= 15 is 0 Å². The second-order valence-electron chi connectivity index (χ2n) is 4.14. The highest BCUT2D eigenvalue weighted by molar-refractivity contribution is 7.10. The van der Waals surface area contributed by atoms with Crippen LogP contribution in [-0.2, 0) is 4.79 Å². The van der Waals surface area contributed by atoms with E-state index in [-0.39, 0.29) is 12.1 Å². The van der Waals surface area contributed by atoms with Crippen LogP contribution in [0.25, 0.3) is 0 Å². The molecule has 2 unspecified atom stereocenters. The molecule has 0 radical (unpaired) electrons. The summed E-state index contributed by atoms with van der Waals surface area (Å²) in [6.45, 7) is 3.92. The highest BCUT2D eigenvalue weighted by atomic mass is 32.1. The minimum atomic E-state index is -0.983. The first-order valence-electron chi connectivity index (χ1n) is 5.34. The monoisotopic (exact) mass is 254 g/mol. The fourth-order valence-electron chi connectivity index (χ4n) is 1.91. The predicted octanol–water partition coefficient (Wildman–Crippen LogP) is 1.60. The van der Waals surface area contributed by atoms with Gasteiger partial charge in [-0.3, -0.25) is 0 Å². The lowest BCUT2D eigenvalue weighted by atomic mass is 10.1. The molecule has 0 spiro atoms. The van der Waals surface area contributed by atoms with Crippen LogP contribution in [0.2, 0.25) is 0 Å². The molecule has 1 aromatic heterocycles. The number of rotatable bonds is 3. The van der Waals surface area contributed by atoms with Crippen molar-refractivity contribution in [1.29, 1.82) is 0 Å². The lowest BCUT2D eigenvalue weighted by molar-refractivity contribution is -0.141. The molecule has 6 heteroatoms. The van der Waals surface area contributed by atoms with Gasteiger partial charge in [-0.25, -0.2) is 9.59 Å². The number of carboxylic acids is 1. The zero-order valence-corrected chi connectivity index (χ0v) is 10.5. The standard InChI is InChI=1S/C11H14N2O3S/c1-6-3-4-17-9(6)8-5-13(11(16)12-8)7(2)10(14)15/h3-4,7-8H,5H2,1-2H3,(H,12,16)(H,14,15). The quantitative estimate of drug-likeness (QED) is 0.860. The average molecular weight is 254 g/mol. The van der Waals surface area contributed by atoms with Crippen LogP contribution < -0.4 is 5.32 Å². The number of aryl methyl sites for hydroxylation is 1. The van der Waals surface area contributed by atoms with Gasteiger partial charge in [0.05, 0.1) is 6.04 Å². The second kappa shape index (κ2) is 4.37. The van der Waals surface area contributed by atoms with Crippen LogP contribution >= 0.6 is 11.3 Å². The Balaban J connectivity index is 2.15. The number of nitrogens with zero attached hydrogens (tertiary/aromatic N) is 1. The van der Waals surface area contributed by atoms with Crippen molar-refractivity contribution in [1.82, 2.24) is 10.2 Å². The minimum Gasteiger partial charge on any atom is -0.480 e. The lowest BCUT2D eigenvalue weighted by Gasteiger charge is -2.18. The maximum Gasteiger partial charge on any atom is 0.326 e. The van der Waals surface area contributed by atoms with Gasteiger partial charge >= 0.3 is 12.0 Å². The molecule has 0 aromatic carbocycles. The number of thiophene rings is 1. The molecule has 2 atom stereocenters. The highest BCUT2D eigenvalue weighted by Crippen LogP contribution is 2.28. The van der Waals surface area contributed by atoms with Gasteiger partial charge in [0.25, 0.3) is 0 Å². The fraction of sp³-hybridized carbons (Fsp3) is 0.455. The van der Waals surface area contributed by atoms with E-state index in [1.165, 1.54) is 11.8 Å². The van der Waals surface area contributed by atoms with Crippen molar-refractivity contribution in [2.45, 2.75) is 25.9 Å². The number of urea groups is 1. The molecule has 0 bridgehead atoms. The van der Waals surface area contributed by atoms with Crippen molar-refractivity contribution in [3.63, 3.8) is 0 Å². The average Bonchev–Trinajstić information content (AvgIpc) is 2.83. The smallest absolute Gasteiger partial charge is 0.326 e. The van der Waals surface area contributed by atoms with E-state index in [1.54, 1.807) is 11.3 Å². The van der Waals surface area contributed by atoms with Crippen molar-refractivity contribution in [2.24, 2.45) is 0 Å². The van der Waals surface area contributed by atoms with Crippen LogP contribution in [0.5, 0.6) is 0 Å². The van der Waals surface area contributed by atoms with Crippen LogP contribution in [0, 0.1) is 6.92 Å². The Bertz CT molecular complexity index is 457. The molecular formula is C11H14N2O3S. The third-order valence-corrected chi connectivity index (χ3v) is 4.11. The van der Waals surface area contributed by atoms with Crippen LogP contribution in [0.1, 0.15) is 23.4 Å². The van der Waals surface area contributed by atoms with E-state index in [0.29, 0.717) is 6.54 Å². The summed E-state index contributed by atoms with van der Waals surface area (Å²) in [7, 11) is 0. The molecule has 2 amide bonds. The van der Waals surface area contributed by atoms with E-state index in [0.717, 1.165) is 10.4 Å². The Morgan fingerprint density at radius 3 is 2.94 bits per heavy atom. The Morgan fingerprint density at radius 1 is 1.71 bits per heavy atom. The molecule has 0 aliphatic carbocycles. The van der Waals surface area contributed by atoms with E-state index in [2.05, 4.69) is 5.32 Å². The molecule has 5 nitrogen and oxygen atoms in total. The Labute approximate surface area is 103 Å². The first-order valence-corrected chi connectivity index (χ1v) is 6.22. The first kappa shape index (κ1) is 11.9. The van der Waals surface area contributed by atoms with Crippen molar-refractivity contribution < 1.29 is 14.7 Å². The topological polar surface area (TPSA) is 69.6 Å². The van der Waals surface area contributed by atoms with Crippen LogP contribution in [0.3, 0.4) is 0 Å². The molecule has 1 aliphatic rings. The molecule has 1 aromatic rings. The number of hydrogen-bond donors (Lipinski definition) is 2. The Hall–Kier alpha value is -1.56. The van der Waals surface area contributed by atoms with Gasteiger partial charge in [0, 0.05) is 11.4 Å². The van der Waals surface area contributed by atoms with Gasteiger partial charge in [0.15, 0.2) is 0 Å². The number of aliphatic carboxylic acids is 1. The number of amides is 2. The molecule has 2 N–H and O–H groups in total. The molecule has 2 heterocycles. The van der Waals surface area contributed by atoms with Gasteiger partial charge in [-0.2, -0.15) is 0 Å². The van der Waals surface area contributed by atoms with Gasteiger partial charge in [-0.15, -0.1) is 11.3 Å². The maximum atomic E-state index is 11.7. The third kappa shape index (κ3) is 2.12. The molecule has 1 fully saturated rings. The van der Waals surface area contributed by atoms with Gasteiger partial charge in [-0.05, 0) is 30.9 Å². The molecule has 1 saturated heterocycles. The van der Waals surface area contributed by atoms with Gasteiger partial charge < -0.3 is 15.3 Å². The molecule has 17 heavy (non-hydrogen) atoms. The number of carboxylic acid groups (broad SMARTS) is 1. The molecular weight excluding hydrogens is 240 g/mol. The number of carbonyl (C=O) groups excluding carboxylic acids is 1. The zero-order valence-electron chi connectivity index (χ0n) is 9.64. The molecule has 0 saturated carbocycles. The summed E-state index contributed by atoms with van der Waals surface area (Å²) < 4.78 is 0. The first-order chi connectivity index (χ1) is 8.00. The predicted molar refractivity (Wildman–Crippen MR) is 64.1 cm³/mol. The van der Waals surface area contributed by atoms with Crippen LogP contribution in [0.15, 0.2) is 11.4 Å². The summed E-state index contributed by atoms with van der Waals surface area (Å²) in [6, 6.07) is 0.803.